The van der Waals surface area contributed by atoms with Crippen LogP contribution in [0.5, 0.6) is 0 Å². The summed E-state index contributed by atoms with van der Waals surface area (Å²) in [5, 5.41) is 3.68. The molecule has 0 saturated heterocycles. The van der Waals surface area contributed by atoms with Crippen molar-refractivity contribution in [3.63, 3.8) is 0 Å². The zero-order valence-electron chi connectivity index (χ0n) is 6.87. The molecule has 12 heavy (non-hydrogen) atoms. The predicted octanol–water partition coefficient (Wildman–Crippen LogP) is 3.09. The highest BCUT2D eigenvalue weighted by atomic mass is 35.5. The maximum atomic E-state index is 6.17. The van der Waals surface area contributed by atoms with Crippen LogP contribution in [-0.4, -0.2) is 10.4 Å². The van der Waals surface area contributed by atoms with E-state index in [1.54, 1.807) is 11.3 Å². The van der Waals surface area contributed by atoms with Crippen LogP contribution in [0.25, 0.3) is 0 Å². The molecule has 2 rings (SSSR count). The summed E-state index contributed by atoms with van der Waals surface area (Å²) in [5.74, 6) is 0.679. The number of alkyl halides is 1. The average Bonchev–Trinajstić information content (AvgIpc) is 2.65. The van der Waals surface area contributed by atoms with Gasteiger partial charge in [-0.3, -0.25) is 0 Å². The molecule has 2 unspecified atom stereocenters. The Hall–Kier alpha value is -0.0800. The molecule has 0 bridgehead atoms. The molecule has 1 aliphatic carbocycles. The number of aromatic nitrogens is 1. The molecule has 0 N–H and O–H groups in total. The molecule has 2 atom stereocenters. The molecule has 0 amide bonds. The molecule has 1 nitrogen and oxygen atoms in total. The predicted molar refractivity (Wildman–Crippen MR) is 52.8 cm³/mol. The van der Waals surface area contributed by atoms with E-state index in [1.807, 2.05) is 11.6 Å². The summed E-state index contributed by atoms with van der Waals surface area (Å²) in [7, 11) is 0. The van der Waals surface area contributed by atoms with E-state index in [2.05, 4.69) is 4.98 Å². The van der Waals surface area contributed by atoms with Gasteiger partial charge in [-0.2, -0.15) is 0 Å². The molecule has 1 fully saturated rings. The van der Waals surface area contributed by atoms with E-state index >= 15 is 0 Å². The number of thiazole rings is 1. The van der Waals surface area contributed by atoms with Gasteiger partial charge in [-0.1, -0.05) is 6.42 Å². The molecule has 66 valence electrons. The fraction of sp³-hybridized carbons (Fsp3) is 0.667. The fourth-order valence-electron chi connectivity index (χ4n) is 1.80. The molecule has 1 aromatic rings. The van der Waals surface area contributed by atoms with E-state index in [1.165, 1.54) is 24.3 Å². The molecule has 1 saturated carbocycles. The Balaban J connectivity index is 1.95. The van der Waals surface area contributed by atoms with Crippen LogP contribution < -0.4 is 0 Å². The summed E-state index contributed by atoms with van der Waals surface area (Å²) in [6.07, 6.45) is 6.74. The number of hydrogen-bond acceptors (Lipinski definition) is 2. The van der Waals surface area contributed by atoms with E-state index < -0.39 is 0 Å². The van der Waals surface area contributed by atoms with Crippen molar-refractivity contribution in [3.8, 4) is 0 Å². The van der Waals surface area contributed by atoms with Crippen molar-refractivity contribution in [1.82, 2.24) is 4.98 Å². The Morgan fingerprint density at radius 3 is 3.08 bits per heavy atom. The van der Waals surface area contributed by atoms with Crippen LogP contribution in [0.2, 0.25) is 0 Å². The third-order valence-corrected chi connectivity index (χ3v) is 3.86. The lowest BCUT2D eigenvalue weighted by Gasteiger charge is -2.10. The second-order valence-corrected chi connectivity index (χ2v) is 4.88. The van der Waals surface area contributed by atoms with Gasteiger partial charge in [-0.05, 0) is 18.8 Å². The van der Waals surface area contributed by atoms with Gasteiger partial charge in [-0.15, -0.1) is 22.9 Å². The Morgan fingerprint density at radius 2 is 2.50 bits per heavy atom. The van der Waals surface area contributed by atoms with E-state index in [0.29, 0.717) is 11.3 Å². The van der Waals surface area contributed by atoms with Crippen molar-refractivity contribution >= 4 is 22.9 Å². The van der Waals surface area contributed by atoms with Gasteiger partial charge in [0.05, 0.1) is 5.01 Å². The lowest BCUT2D eigenvalue weighted by molar-refractivity contribution is 0.551. The maximum absolute atomic E-state index is 6.17. The first-order chi connectivity index (χ1) is 5.86. The quantitative estimate of drug-likeness (QED) is 0.671. The van der Waals surface area contributed by atoms with Crippen molar-refractivity contribution in [2.24, 2.45) is 5.92 Å². The monoisotopic (exact) mass is 201 g/mol. The zero-order valence-corrected chi connectivity index (χ0v) is 8.44. The van der Waals surface area contributed by atoms with Crippen molar-refractivity contribution in [3.05, 3.63) is 16.6 Å². The van der Waals surface area contributed by atoms with Gasteiger partial charge in [0.2, 0.25) is 0 Å². The molecule has 1 heterocycles. The largest absolute Gasteiger partial charge is 0.250 e. The molecule has 0 aliphatic heterocycles. The van der Waals surface area contributed by atoms with Crippen LogP contribution in [-0.2, 0) is 6.42 Å². The summed E-state index contributed by atoms with van der Waals surface area (Å²) in [4.78, 5) is 4.27. The molecule has 3 heteroatoms. The number of hydrogen-bond donors (Lipinski definition) is 0. The molecule has 1 aromatic heterocycles. The SMILES string of the molecule is ClC1CCCC1Cc1nccs1. The van der Waals surface area contributed by atoms with Crippen LogP contribution in [0.3, 0.4) is 0 Å². The van der Waals surface area contributed by atoms with Gasteiger partial charge in [-0.25, -0.2) is 4.98 Å². The number of nitrogens with zero attached hydrogens (tertiary/aromatic N) is 1. The Kier molecular flexibility index (Phi) is 2.66. The lowest BCUT2D eigenvalue weighted by Crippen LogP contribution is -2.09. The third kappa shape index (κ3) is 1.80. The highest BCUT2D eigenvalue weighted by Crippen LogP contribution is 2.32. The second kappa shape index (κ2) is 3.75. The standard InChI is InChI=1S/C9H12ClNS/c10-8-3-1-2-7(8)6-9-11-4-5-12-9/h4-5,7-8H,1-3,6H2. The van der Waals surface area contributed by atoms with Crippen molar-refractivity contribution in [2.75, 3.05) is 0 Å². The van der Waals surface area contributed by atoms with E-state index in [9.17, 15) is 0 Å². The minimum Gasteiger partial charge on any atom is -0.250 e. The maximum Gasteiger partial charge on any atom is 0.0928 e. The Bertz CT molecular complexity index is 235. The first-order valence-corrected chi connectivity index (χ1v) is 5.70. The molecular formula is C9H12ClNS. The van der Waals surface area contributed by atoms with Gasteiger partial charge < -0.3 is 0 Å². The zero-order chi connectivity index (χ0) is 8.39. The smallest absolute Gasteiger partial charge is 0.0928 e. The second-order valence-electron chi connectivity index (χ2n) is 3.34. The highest BCUT2D eigenvalue weighted by molar-refractivity contribution is 7.09. The van der Waals surface area contributed by atoms with Crippen molar-refractivity contribution in [1.29, 1.82) is 0 Å². The van der Waals surface area contributed by atoms with Gasteiger partial charge in [0.15, 0.2) is 0 Å². The molecule has 1 aliphatic rings. The number of halogens is 1. The third-order valence-electron chi connectivity index (χ3n) is 2.49. The summed E-state index contributed by atoms with van der Waals surface area (Å²) in [6, 6.07) is 0. The normalized spacial score (nSPS) is 29.4. The highest BCUT2D eigenvalue weighted by Gasteiger charge is 2.25. The molecular weight excluding hydrogens is 190 g/mol. The summed E-state index contributed by atoms with van der Waals surface area (Å²) < 4.78 is 0. The van der Waals surface area contributed by atoms with Gasteiger partial charge in [0.1, 0.15) is 0 Å². The summed E-state index contributed by atoms with van der Waals surface area (Å²) >= 11 is 7.91. The number of rotatable bonds is 2. The topological polar surface area (TPSA) is 12.9 Å². The molecule has 0 aromatic carbocycles. The van der Waals surface area contributed by atoms with Gasteiger partial charge in [0.25, 0.3) is 0 Å². The minimum atomic E-state index is 0.397. The van der Waals surface area contributed by atoms with Gasteiger partial charge in [0, 0.05) is 23.4 Å². The van der Waals surface area contributed by atoms with Crippen LogP contribution in [0.1, 0.15) is 24.3 Å². The van der Waals surface area contributed by atoms with Crippen LogP contribution >= 0.6 is 22.9 Å². The molecule has 0 radical (unpaired) electrons. The summed E-state index contributed by atoms with van der Waals surface area (Å²) in [5.41, 5.74) is 0. The van der Waals surface area contributed by atoms with Crippen LogP contribution in [0.15, 0.2) is 11.6 Å². The van der Waals surface area contributed by atoms with E-state index in [4.69, 9.17) is 11.6 Å². The van der Waals surface area contributed by atoms with Crippen molar-refractivity contribution < 1.29 is 0 Å². The Labute approximate surface area is 81.8 Å². The van der Waals surface area contributed by atoms with Crippen LogP contribution in [0.4, 0.5) is 0 Å². The first-order valence-electron chi connectivity index (χ1n) is 4.38. The van der Waals surface area contributed by atoms with E-state index in [-0.39, 0.29) is 0 Å². The average molecular weight is 202 g/mol. The Morgan fingerprint density at radius 1 is 1.58 bits per heavy atom. The first kappa shape index (κ1) is 8.52. The van der Waals surface area contributed by atoms with E-state index in [0.717, 1.165) is 6.42 Å². The lowest BCUT2D eigenvalue weighted by atomic mass is 10.0. The van der Waals surface area contributed by atoms with Gasteiger partial charge >= 0.3 is 0 Å². The fourth-order valence-corrected chi connectivity index (χ4v) is 2.88. The summed E-state index contributed by atoms with van der Waals surface area (Å²) in [6.45, 7) is 0. The van der Waals surface area contributed by atoms with Crippen molar-refractivity contribution in [2.45, 2.75) is 31.1 Å². The van der Waals surface area contributed by atoms with Crippen LogP contribution in [0, 0.1) is 5.92 Å². The molecule has 0 spiro atoms. The minimum absolute atomic E-state index is 0.397.